The second-order valence-electron chi connectivity index (χ2n) is 8.12. The molecule has 0 saturated carbocycles. The third kappa shape index (κ3) is 6.44. The lowest BCUT2D eigenvalue weighted by Crippen LogP contribution is -2.25. The number of aromatic nitrogens is 3. The fourth-order valence-corrected chi connectivity index (χ4v) is 4.88. The number of thioether (sulfide) groups is 1. The molecule has 9 nitrogen and oxygen atoms in total. The molecule has 1 heterocycles. The van der Waals surface area contributed by atoms with Crippen LogP contribution < -0.4 is 10.5 Å². The Morgan fingerprint density at radius 3 is 2.32 bits per heavy atom. The zero-order valence-electron chi connectivity index (χ0n) is 19.7. The standard InChI is InChI=1S/C23H30N6O3S2/c1-5-20(28(3)4)21-26-27-23(29(21)15-17-9-7-6-8-10-17)33-16(2)22(30)25-18-11-13-19(14-12-18)34(24,31)32/h6-14,16,20H,5,15H2,1-4H3,(H,25,30)(H2,24,31,32)/t16-,20+/m0/s1. The molecule has 0 aliphatic heterocycles. The highest BCUT2D eigenvalue weighted by Gasteiger charge is 2.25. The van der Waals surface area contributed by atoms with Crippen LogP contribution in [0.1, 0.15) is 37.7 Å². The summed E-state index contributed by atoms with van der Waals surface area (Å²) in [5, 5.41) is 17.0. The van der Waals surface area contributed by atoms with E-state index in [1.54, 1.807) is 6.92 Å². The van der Waals surface area contributed by atoms with Crippen LogP contribution >= 0.6 is 11.8 Å². The Morgan fingerprint density at radius 2 is 1.76 bits per heavy atom. The SMILES string of the molecule is CC[C@H](c1nnc(S[C@@H](C)C(=O)Nc2ccc(S(N)(=O)=O)cc2)n1Cc1ccccc1)N(C)C. The van der Waals surface area contributed by atoms with Gasteiger partial charge in [-0.2, -0.15) is 0 Å². The van der Waals surface area contributed by atoms with E-state index in [0.717, 1.165) is 17.8 Å². The minimum Gasteiger partial charge on any atom is -0.325 e. The van der Waals surface area contributed by atoms with Gasteiger partial charge in [0.15, 0.2) is 11.0 Å². The van der Waals surface area contributed by atoms with Crippen LogP contribution in [0.5, 0.6) is 0 Å². The molecular formula is C23H30N6O3S2. The summed E-state index contributed by atoms with van der Waals surface area (Å²) < 4.78 is 24.9. The normalized spacial score (nSPS) is 13.6. The Morgan fingerprint density at radius 1 is 1.12 bits per heavy atom. The Bertz CT molecular complexity index is 1210. The molecule has 0 unspecified atom stereocenters. The van der Waals surface area contributed by atoms with Crippen molar-refractivity contribution in [1.82, 2.24) is 19.7 Å². The molecule has 0 saturated heterocycles. The maximum Gasteiger partial charge on any atom is 0.238 e. The average Bonchev–Trinajstić information content (AvgIpc) is 3.16. The molecule has 1 aromatic heterocycles. The largest absolute Gasteiger partial charge is 0.325 e. The molecule has 1 amide bonds. The fourth-order valence-electron chi connectivity index (χ4n) is 3.51. The molecule has 3 N–H and O–H groups in total. The van der Waals surface area contributed by atoms with E-state index in [1.807, 2.05) is 32.3 Å². The minimum atomic E-state index is -3.79. The van der Waals surface area contributed by atoms with Crippen LogP contribution in [0.2, 0.25) is 0 Å². The van der Waals surface area contributed by atoms with Crippen LogP contribution in [0.15, 0.2) is 64.6 Å². The third-order valence-electron chi connectivity index (χ3n) is 5.34. The molecule has 0 bridgehead atoms. The number of nitrogens with zero attached hydrogens (tertiary/aromatic N) is 4. The lowest BCUT2D eigenvalue weighted by atomic mass is 10.2. The van der Waals surface area contributed by atoms with Crippen molar-refractivity contribution in [2.24, 2.45) is 5.14 Å². The molecule has 3 aromatic rings. The molecule has 182 valence electrons. The van der Waals surface area contributed by atoms with Gasteiger partial charge < -0.3 is 9.88 Å². The summed E-state index contributed by atoms with van der Waals surface area (Å²) in [6, 6.07) is 15.9. The number of carbonyl (C=O) groups is 1. The first-order valence-corrected chi connectivity index (χ1v) is 13.3. The lowest BCUT2D eigenvalue weighted by molar-refractivity contribution is -0.115. The van der Waals surface area contributed by atoms with Crippen molar-refractivity contribution in [3.63, 3.8) is 0 Å². The van der Waals surface area contributed by atoms with Gasteiger partial charge in [-0.1, -0.05) is 49.0 Å². The maximum atomic E-state index is 12.8. The molecule has 11 heteroatoms. The second kappa shape index (κ2) is 11.1. The average molecular weight is 503 g/mol. The fraction of sp³-hybridized carbons (Fsp3) is 0.348. The predicted molar refractivity (Wildman–Crippen MR) is 134 cm³/mol. The van der Waals surface area contributed by atoms with Crippen LogP contribution in [-0.4, -0.2) is 53.3 Å². The summed E-state index contributed by atoms with van der Waals surface area (Å²) in [5.74, 6) is 0.619. The highest BCUT2D eigenvalue weighted by atomic mass is 32.2. The van der Waals surface area contributed by atoms with Crippen LogP contribution in [0.3, 0.4) is 0 Å². The van der Waals surface area contributed by atoms with E-state index in [0.29, 0.717) is 17.4 Å². The van der Waals surface area contributed by atoms with Gasteiger partial charge >= 0.3 is 0 Å². The van der Waals surface area contributed by atoms with Crippen LogP contribution in [0.25, 0.3) is 0 Å². The van der Waals surface area contributed by atoms with Gasteiger partial charge in [0.05, 0.1) is 22.7 Å². The van der Waals surface area contributed by atoms with Gasteiger partial charge in [0.25, 0.3) is 0 Å². The molecule has 3 rings (SSSR count). The quantitative estimate of drug-likeness (QED) is 0.408. The number of benzene rings is 2. The van der Waals surface area contributed by atoms with Crippen molar-refractivity contribution in [1.29, 1.82) is 0 Å². The number of primary sulfonamides is 1. The molecule has 0 aliphatic carbocycles. The zero-order valence-corrected chi connectivity index (χ0v) is 21.3. The highest BCUT2D eigenvalue weighted by molar-refractivity contribution is 8.00. The topological polar surface area (TPSA) is 123 Å². The molecule has 2 atom stereocenters. The monoisotopic (exact) mass is 502 g/mol. The Balaban J connectivity index is 1.80. The summed E-state index contributed by atoms with van der Waals surface area (Å²) in [6.07, 6.45) is 0.870. The van der Waals surface area contributed by atoms with Gasteiger partial charge in [0, 0.05) is 5.69 Å². The van der Waals surface area contributed by atoms with Crippen molar-refractivity contribution >= 4 is 33.4 Å². The summed E-state index contributed by atoms with van der Waals surface area (Å²) in [4.78, 5) is 14.9. The molecule has 0 aliphatic rings. The van der Waals surface area contributed by atoms with Crippen molar-refractivity contribution in [2.45, 2.75) is 48.2 Å². The number of hydrogen-bond acceptors (Lipinski definition) is 7. The number of nitrogens with two attached hydrogens (primary N) is 1. The first-order valence-electron chi connectivity index (χ1n) is 10.8. The van der Waals surface area contributed by atoms with Gasteiger partial charge in [-0.3, -0.25) is 9.69 Å². The van der Waals surface area contributed by atoms with Gasteiger partial charge in [-0.25, -0.2) is 13.6 Å². The number of hydrogen-bond donors (Lipinski definition) is 2. The van der Waals surface area contributed by atoms with E-state index in [9.17, 15) is 13.2 Å². The lowest BCUT2D eigenvalue weighted by Gasteiger charge is -2.23. The van der Waals surface area contributed by atoms with Crippen molar-refractivity contribution in [2.75, 3.05) is 19.4 Å². The van der Waals surface area contributed by atoms with Gasteiger partial charge in [-0.05, 0) is 57.3 Å². The summed E-state index contributed by atoms with van der Waals surface area (Å²) in [5.41, 5.74) is 1.60. The molecule has 2 aromatic carbocycles. The van der Waals surface area contributed by atoms with Crippen molar-refractivity contribution in [3.8, 4) is 0 Å². The van der Waals surface area contributed by atoms with E-state index in [4.69, 9.17) is 5.14 Å². The molecular weight excluding hydrogens is 472 g/mol. The number of amides is 1. The van der Waals surface area contributed by atoms with E-state index in [-0.39, 0.29) is 16.8 Å². The van der Waals surface area contributed by atoms with Crippen molar-refractivity contribution < 1.29 is 13.2 Å². The second-order valence-corrected chi connectivity index (χ2v) is 11.0. The number of carbonyl (C=O) groups excluding carboxylic acids is 1. The zero-order chi connectivity index (χ0) is 24.9. The predicted octanol–water partition coefficient (Wildman–Crippen LogP) is 3.11. The molecule has 0 radical (unpaired) electrons. The maximum absolute atomic E-state index is 12.8. The minimum absolute atomic E-state index is 0.0131. The molecule has 0 spiro atoms. The van der Waals surface area contributed by atoms with E-state index >= 15 is 0 Å². The smallest absolute Gasteiger partial charge is 0.238 e. The van der Waals surface area contributed by atoms with Crippen LogP contribution in [0.4, 0.5) is 5.69 Å². The third-order valence-corrected chi connectivity index (χ3v) is 7.35. The van der Waals surface area contributed by atoms with Gasteiger partial charge in [0.1, 0.15) is 0 Å². The van der Waals surface area contributed by atoms with Crippen molar-refractivity contribution in [3.05, 3.63) is 66.0 Å². The van der Waals surface area contributed by atoms with Gasteiger partial charge in [0.2, 0.25) is 15.9 Å². The highest BCUT2D eigenvalue weighted by Crippen LogP contribution is 2.29. The summed E-state index contributed by atoms with van der Waals surface area (Å²) in [7, 11) is 0.240. The first kappa shape index (κ1) is 25.9. The molecule has 0 fully saturated rings. The first-order chi connectivity index (χ1) is 16.1. The van der Waals surface area contributed by atoms with E-state index < -0.39 is 15.3 Å². The van der Waals surface area contributed by atoms with Crippen LogP contribution in [-0.2, 0) is 21.4 Å². The number of sulfonamides is 1. The summed E-state index contributed by atoms with van der Waals surface area (Å²) >= 11 is 1.33. The number of nitrogens with one attached hydrogen (secondary N) is 1. The number of rotatable bonds is 10. The Labute approximate surface area is 204 Å². The van der Waals surface area contributed by atoms with Crippen LogP contribution in [0, 0.1) is 0 Å². The molecule has 34 heavy (non-hydrogen) atoms. The summed E-state index contributed by atoms with van der Waals surface area (Å²) in [6.45, 7) is 4.50. The van der Waals surface area contributed by atoms with Gasteiger partial charge in [-0.15, -0.1) is 10.2 Å². The Hall–Kier alpha value is -2.73. The van der Waals surface area contributed by atoms with E-state index in [2.05, 4.69) is 44.0 Å². The van der Waals surface area contributed by atoms with E-state index in [1.165, 1.54) is 36.0 Å². The Kier molecular flexibility index (Phi) is 8.47. The number of anilines is 1.